The Morgan fingerprint density at radius 1 is 0.750 bits per heavy atom. The topological polar surface area (TPSA) is 139 Å². The summed E-state index contributed by atoms with van der Waals surface area (Å²) in [5.41, 5.74) is 0.449. The van der Waals surface area contributed by atoms with Gasteiger partial charge in [0.2, 0.25) is 0 Å². The van der Waals surface area contributed by atoms with Gasteiger partial charge in [-0.3, -0.25) is 29.8 Å². The van der Waals surface area contributed by atoms with Crippen molar-refractivity contribution in [2.45, 2.75) is 52.7 Å². The Kier molecular flexibility index (Phi) is 8.00. The van der Waals surface area contributed by atoms with Crippen LogP contribution >= 0.6 is 0 Å². The van der Waals surface area contributed by atoms with Crippen molar-refractivity contribution >= 4 is 22.9 Å². The molecule has 2 heterocycles. The fourth-order valence-electron chi connectivity index (χ4n) is 3.16. The number of carbonyl (C=O) groups is 2. The number of Topliss-reactive ketones (excluding diaryl/α,β-unsaturated/α-hetero) is 2. The first-order valence-corrected chi connectivity index (χ1v) is 10.1. The van der Waals surface area contributed by atoms with Crippen LogP contribution in [0.3, 0.4) is 0 Å². The average molecular weight is 444 g/mol. The Balaban J connectivity index is 0.000000211. The summed E-state index contributed by atoms with van der Waals surface area (Å²) in [5.74, 6) is 0.661. The number of non-ortho nitro benzene ring substituents is 2. The van der Waals surface area contributed by atoms with Crippen LogP contribution in [0.5, 0.6) is 11.5 Å². The van der Waals surface area contributed by atoms with Crippen LogP contribution in [0, 0.1) is 20.2 Å². The SMILES string of the molecule is CC.CC1CC(=O)c2cc([N+](=O)[O-])ccc2O1.C[C@@H]1CC(=O)c2cc([N+](=O)[O-])ccc2O1. The minimum atomic E-state index is -0.522. The predicted molar refractivity (Wildman–Crippen MR) is 116 cm³/mol. The van der Waals surface area contributed by atoms with E-state index in [0.717, 1.165) is 0 Å². The van der Waals surface area contributed by atoms with Gasteiger partial charge in [0, 0.05) is 37.1 Å². The Labute approximate surface area is 184 Å². The lowest BCUT2D eigenvalue weighted by Crippen LogP contribution is -2.23. The summed E-state index contributed by atoms with van der Waals surface area (Å²) in [6.45, 7) is 7.59. The first-order chi connectivity index (χ1) is 15.2. The molecule has 2 atom stereocenters. The maximum atomic E-state index is 11.6. The van der Waals surface area contributed by atoms with E-state index in [1.54, 1.807) is 13.8 Å². The van der Waals surface area contributed by atoms with Gasteiger partial charge in [-0.05, 0) is 26.0 Å². The number of nitro benzene ring substituents is 2. The molecule has 0 aliphatic carbocycles. The number of ketones is 2. The van der Waals surface area contributed by atoms with E-state index in [1.807, 2.05) is 13.8 Å². The molecular formula is C22H24N2O8. The number of benzene rings is 2. The minimum Gasteiger partial charge on any atom is -0.489 e. The zero-order valence-corrected chi connectivity index (χ0v) is 18.2. The highest BCUT2D eigenvalue weighted by Crippen LogP contribution is 2.31. The Morgan fingerprint density at radius 3 is 1.41 bits per heavy atom. The molecular weight excluding hydrogens is 420 g/mol. The quantitative estimate of drug-likeness (QED) is 0.469. The molecule has 170 valence electrons. The monoisotopic (exact) mass is 444 g/mol. The van der Waals surface area contributed by atoms with Crippen LogP contribution in [0.2, 0.25) is 0 Å². The van der Waals surface area contributed by atoms with Gasteiger partial charge in [-0.25, -0.2) is 0 Å². The summed E-state index contributed by atoms with van der Waals surface area (Å²) in [7, 11) is 0. The third kappa shape index (κ3) is 5.65. The van der Waals surface area contributed by atoms with Gasteiger partial charge in [0.25, 0.3) is 11.4 Å². The molecule has 32 heavy (non-hydrogen) atoms. The van der Waals surface area contributed by atoms with Gasteiger partial charge < -0.3 is 9.47 Å². The van der Waals surface area contributed by atoms with Gasteiger partial charge in [-0.1, -0.05) is 13.8 Å². The van der Waals surface area contributed by atoms with Crippen LogP contribution in [0.15, 0.2) is 36.4 Å². The van der Waals surface area contributed by atoms with E-state index in [0.29, 0.717) is 22.6 Å². The molecule has 0 bridgehead atoms. The molecule has 0 aromatic heterocycles. The van der Waals surface area contributed by atoms with E-state index in [9.17, 15) is 29.8 Å². The number of hydrogen-bond donors (Lipinski definition) is 0. The molecule has 0 spiro atoms. The highest BCUT2D eigenvalue weighted by molar-refractivity contribution is 6.01. The van der Waals surface area contributed by atoms with Crippen LogP contribution in [0.25, 0.3) is 0 Å². The van der Waals surface area contributed by atoms with E-state index < -0.39 is 9.85 Å². The van der Waals surface area contributed by atoms with Crippen molar-refractivity contribution in [2.24, 2.45) is 0 Å². The van der Waals surface area contributed by atoms with Gasteiger partial charge >= 0.3 is 0 Å². The third-order valence-corrected chi connectivity index (χ3v) is 4.55. The van der Waals surface area contributed by atoms with Crippen molar-refractivity contribution in [1.82, 2.24) is 0 Å². The van der Waals surface area contributed by atoms with Gasteiger partial charge in [0.1, 0.15) is 23.7 Å². The number of fused-ring (bicyclic) bond motifs is 2. The van der Waals surface area contributed by atoms with Crippen molar-refractivity contribution in [2.75, 3.05) is 0 Å². The number of ether oxygens (including phenoxy) is 2. The Morgan fingerprint density at radius 2 is 1.09 bits per heavy atom. The minimum absolute atomic E-state index is 0.0831. The number of nitrogens with zero attached hydrogens (tertiary/aromatic N) is 2. The third-order valence-electron chi connectivity index (χ3n) is 4.55. The molecule has 0 radical (unpaired) electrons. The molecule has 4 rings (SSSR count). The largest absolute Gasteiger partial charge is 0.489 e. The molecule has 2 aromatic rings. The fourth-order valence-corrected chi connectivity index (χ4v) is 3.16. The number of rotatable bonds is 2. The number of hydrogen-bond acceptors (Lipinski definition) is 8. The Bertz CT molecular complexity index is 967. The molecule has 0 saturated heterocycles. The standard InChI is InChI=1S/2C10H9NO4.C2H6/c2*1-6-4-9(12)8-5-7(11(13)14)2-3-10(8)15-6;1-2/h2*2-3,5-6H,4H2,1H3;1-2H3/t6-;;/m1../s1. The molecule has 0 saturated carbocycles. The smallest absolute Gasteiger partial charge is 0.270 e. The zero-order valence-electron chi connectivity index (χ0n) is 18.2. The molecule has 10 heteroatoms. The van der Waals surface area contributed by atoms with Crippen molar-refractivity contribution in [3.05, 3.63) is 67.8 Å². The molecule has 10 nitrogen and oxygen atoms in total. The van der Waals surface area contributed by atoms with Crippen molar-refractivity contribution in [1.29, 1.82) is 0 Å². The summed E-state index contributed by atoms with van der Waals surface area (Å²) in [6, 6.07) is 8.16. The van der Waals surface area contributed by atoms with Crippen LogP contribution in [-0.4, -0.2) is 33.6 Å². The first kappa shape index (κ1) is 24.4. The van der Waals surface area contributed by atoms with Gasteiger partial charge in [-0.2, -0.15) is 0 Å². The van der Waals surface area contributed by atoms with E-state index >= 15 is 0 Å². The lowest BCUT2D eigenvalue weighted by atomic mass is 10.0. The molecule has 2 aromatic carbocycles. The van der Waals surface area contributed by atoms with Crippen molar-refractivity contribution in [3.8, 4) is 11.5 Å². The van der Waals surface area contributed by atoms with Gasteiger partial charge in [-0.15, -0.1) is 0 Å². The lowest BCUT2D eigenvalue weighted by molar-refractivity contribution is -0.385. The van der Waals surface area contributed by atoms with Crippen molar-refractivity contribution in [3.63, 3.8) is 0 Å². The van der Waals surface area contributed by atoms with Crippen LogP contribution in [0.4, 0.5) is 11.4 Å². The zero-order chi connectivity index (χ0) is 24.0. The van der Waals surface area contributed by atoms with Crippen LogP contribution in [-0.2, 0) is 0 Å². The van der Waals surface area contributed by atoms with Gasteiger partial charge in [0.15, 0.2) is 11.6 Å². The maximum Gasteiger partial charge on any atom is 0.270 e. The summed E-state index contributed by atoms with van der Waals surface area (Å²) >= 11 is 0. The van der Waals surface area contributed by atoms with E-state index in [2.05, 4.69) is 0 Å². The lowest BCUT2D eigenvalue weighted by Gasteiger charge is -2.21. The highest BCUT2D eigenvalue weighted by atomic mass is 16.6. The molecule has 0 fully saturated rings. The second-order valence-corrected chi connectivity index (χ2v) is 6.99. The normalized spacial score (nSPS) is 18.2. The molecule has 2 aliphatic heterocycles. The number of carbonyl (C=O) groups excluding carboxylic acids is 2. The van der Waals surface area contributed by atoms with Gasteiger partial charge in [0.05, 0.1) is 21.0 Å². The second-order valence-electron chi connectivity index (χ2n) is 6.99. The summed E-state index contributed by atoms with van der Waals surface area (Å²) in [5, 5.41) is 21.0. The van der Waals surface area contributed by atoms with E-state index in [1.165, 1.54) is 36.4 Å². The molecule has 0 N–H and O–H groups in total. The fraction of sp³-hybridized carbons (Fsp3) is 0.364. The van der Waals surface area contributed by atoms with Crippen molar-refractivity contribution < 1.29 is 28.9 Å². The first-order valence-electron chi connectivity index (χ1n) is 10.1. The Hall–Kier alpha value is -3.82. The van der Waals surface area contributed by atoms with E-state index in [4.69, 9.17) is 9.47 Å². The summed E-state index contributed by atoms with van der Waals surface area (Å²) in [4.78, 5) is 43.1. The molecule has 2 aliphatic rings. The molecule has 1 unspecified atom stereocenters. The molecule has 0 amide bonds. The highest BCUT2D eigenvalue weighted by Gasteiger charge is 2.26. The number of nitro groups is 2. The summed E-state index contributed by atoms with van der Waals surface area (Å²) < 4.78 is 10.8. The predicted octanol–water partition coefficient (Wildman–Crippen LogP) is 4.92. The van der Waals surface area contributed by atoms with Crippen LogP contribution < -0.4 is 9.47 Å². The van der Waals surface area contributed by atoms with Crippen LogP contribution in [0.1, 0.15) is 61.3 Å². The second kappa shape index (κ2) is 10.5. The van der Waals surface area contributed by atoms with E-state index in [-0.39, 0.29) is 48.0 Å². The maximum absolute atomic E-state index is 11.6. The average Bonchev–Trinajstić information content (AvgIpc) is 2.74. The summed E-state index contributed by atoms with van der Waals surface area (Å²) in [6.07, 6.45) is 0.223.